The van der Waals surface area contributed by atoms with E-state index >= 15 is 0 Å². The number of amides is 1. The van der Waals surface area contributed by atoms with Crippen LogP contribution in [0.15, 0.2) is 49.1 Å². The van der Waals surface area contributed by atoms with E-state index in [2.05, 4.69) is 20.1 Å². The maximum atomic E-state index is 12.8. The van der Waals surface area contributed by atoms with Gasteiger partial charge in [0.05, 0.1) is 25.1 Å². The summed E-state index contributed by atoms with van der Waals surface area (Å²) in [4.78, 5) is 16.6. The molecule has 1 heterocycles. The fourth-order valence-electron chi connectivity index (χ4n) is 2.62. The van der Waals surface area contributed by atoms with E-state index in [0.717, 1.165) is 12.1 Å². The van der Waals surface area contributed by atoms with Crippen molar-refractivity contribution in [2.45, 2.75) is 13.3 Å². The number of methoxy groups -OCH3 is 1. The molecule has 0 radical (unpaired) electrons. The number of rotatable bonds is 7. The van der Waals surface area contributed by atoms with Crippen LogP contribution in [0.25, 0.3) is 5.69 Å². The van der Waals surface area contributed by atoms with Crippen LogP contribution in [0.2, 0.25) is 0 Å². The normalized spacial score (nSPS) is 11.1. The average molecular weight is 422 g/mol. The molecule has 2 aromatic carbocycles. The van der Waals surface area contributed by atoms with Crippen molar-refractivity contribution in [1.29, 1.82) is 0 Å². The van der Waals surface area contributed by atoms with Crippen LogP contribution in [0, 0.1) is 0 Å². The number of nitrogens with one attached hydrogen (secondary N) is 1. The molecule has 0 atom stereocenters. The zero-order chi connectivity index (χ0) is 21.7. The number of hydrogen-bond donors (Lipinski definition) is 1. The van der Waals surface area contributed by atoms with E-state index < -0.39 is 18.0 Å². The van der Waals surface area contributed by atoms with Gasteiger partial charge in [0.1, 0.15) is 18.4 Å². The second kappa shape index (κ2) is 8.72. The van der Waals surface area contributed by atoms with Crippen molar-refractivity contribution in [3.05, 3.63) is 54.6 Å². The van der Waals surface area contributed by atoms with E-state index in [1.807, 2.05) is 6.92 Å². The van der Waals surface area contributed by atoms with Gasteiger partial charge >= 0.3 is 6.36 Å². The van der Waals surface area contributed by atoms with Crippen LogP contribution in [-0.2, 0) is 0 Å². The molecule has 0 bridgehead atoms. The lowest BCUT2D eigenvalue weighted by molar-refractivity contribution is -0.274. The molecule has 11 heteroatoms. The third-order valence-corrected chi connectivity index (χ3v) is 3.84. The zero-order valence-electron chi connectivity index (χ0n) is 15.9. The van der Waals surface area contributed by atoms with E-state index in [9.17, 15) is 18.0 Å². The van der Waals surface area contributed by atoms with E-state index in [0.29, 0.717) is 23.8 Å². The monoisotopic (exact) mass is 422 g/mol. The van der Waals surface area contributed by atoms with Crippen LogP contribution in [0.4, 0.5) is 18.9 Å². The van der Waals surface area contributed by atoms with E-state index in [4.69, 9.17) is 9.47 Å². The highest BCUT2D eigenvalue weighted by Gasteiger charge is 2.31. The van der Waals surface area contributed by atoms with Gasteiger partial charge in [0.2, 0.25) is 0 Å². The predicted octanol–water partition coefficient (Wildman–Crippen LogP) is 3.83. The summed E-state index contributed by atoms with van der Waals surface area (Å²) < 4.78 is 53.7. The van der Waals surface area contributed by atoms with Crippen LogP contribution in [0.1, 0.15) is 17.3 Å². The van der Waals surface area contributed by atoms with Gasteiger partial charge in [-0.05, 0) is 37.3 Å². The number of aromatic nitrogens is 3. The lowest BCUT2D eigenvalue weighted by atomic mass is 10.1. The molecule has 3 aromatic rings. The predicted molar refractivity (Wildman–Crippen MR) is 100 cm³/mol. The molecule has 0 aliphatic rings. The molecule has 0 fully saturated rings. The van der Waals surface area contributed by atoms with Crippen molar-refractivity contribution in [1.82, 2.24) is 14.8 Å². The van der Waals surface area contributed by atoms with Crippen molar-refractivity contribution >= 4 is 11.6 Å². The first-order valence-corrected chi connectivity index (χ1v) is 8.67. The van der Waals surface area contributed by atoms with Gasteiger partial charge in [-0.25, -0.2) is 9.67 Å². The minimum atomic E-state index is -4.88. The van der Waals surface area contributed by atoms with Gasteiger partial charge in [-0.1, -0.05) is 0 Å². The Bertz CT molecular complexity index is 1020. The smallest absolute Gasteiger partial charge is 0.493 e. The minimum Gasteiger partial charge on any atom is -0.493 e. The summed E-state index contributed by atoms with van der Waals surface area (Å²) >= 11 is 0. The molecule has 1 N–H and O–H groups in total. The summed E-state index contributed by atoms with van der Waals surface area (Å²) in [5.74, 6) is -0.275. The lowest BCUT2D eigenvalue weighted by Crippen LogP contribution is -2.18. The molecular weight excluding hydrogens is 405 g/mol. The number of alkyl halides is 3. The van der Waals surface area contributed by atoms with E-state index in [1.165, 1.54) is 42.6 Å². The van der Waals surface area contributed by atoms with Crippen molar-refractivity contribution in [2.75, 3.05) is 19.0 Å². The molecule has 0 aliphatic carbocycles. The number of carbonyl (C=O) groups excluding carboxylic acids is 1. The number of hydrogen-bond acceptors (Lipinski definition) is 6. The molecular formula is C19H17F3N4O4. The second-order valence-corrected chi connectivity index (χ2v) is 5.82. The van der Waals surface area contributed by atoms with Crippen LogP contribution < -0.4 is 19.5 Å². The Labute approximate surface area is 169 Å². The van der Waals surface area contributed by atoms with Gasteiger partial charge in [0.25, 0.3) is 5.91 Å². The molecule has 3 rings (SSSR count). The number of halogens is 3. The molecule has 1 amide bonds. The number of anilines is 1. The van der Waals surface area contributed by atoms with Crippen LogP contribution in [-0.4, -0.2) is 40.8 Å². The summed E-state index contributed by atoms with van der Waals surface area (Å²) in [6.07, 6.45) is -2.28. The van der Waals surface area contributed by atoms with Crippen molar-refractivity contribution in [3.8, 4) is 22.9 Å². The van der Waals surface area contributed by atoms with Gasteiger partial charge in [0.15, 0.2) is 11.5 Å². The summed E-state index contributed by atoms with van der Waals surface area (Å²) in [7, 11) is 1.43. The molecule has 0 spiro atoms. The molecule has 158 valence electrons. The van der Waals surface area contributed by atoms with Gasteiger partial charge in [-0.15, -0.1) is 13.2 Å². The Morgan fingerprint density at radius 3 is 2.60 bits per heavy atom. The SMILES string of the molecule is CCOc1ccc(C(=O)Nc2cc(OC(F)(F)F)ccc2-n2cncn2)cc1OC. The first kappa shape index (κ1) is 21.0. The summed E-state index contributed by atoms with van der Waals surface area (Å²) in [6, 6.07) is 8.02. The van der Waals surface area contributed by atoms with Crippen LogP contribution in [0.3, 0.4) is 0 Å². The third kappa shape index (κ3) is 4.99. The number of ether oxygens (including phenoxy) is 3. The number of carbonyl (C=O) groups is 1. The minimum absolute atomic E-state index is 0.0418. The van der Waals surface area contributed by atoms with Gasteiger partial charge in [-0.3, -0.25) is 4.79 Å². The van der Waals surface area contributed by atoms with Crippen molar-refractivity contribution < 1.29 is 32.2 Å². The third-order valence-electron chi connectivity index (χ3n) is 3.84. The molecule has 8 nitrogen and oxygen atoms in total. The molecule has 0 unspecified atom stereocenters. The Morgan fingerprint density at radius 1 is 1.17 bits per heavy atom. The van der Waals surface area contributed by atoms with Crippen LogP contribution >= 0.6 is 0 Å². The molecule has 0 saturated heterocycles. The maximum absolute atomic E-state index is 12.8. The van der Waals surface area contributed by atoms with Gasteiger partial charge in [-0.2, -0.15) is 5.10 Å². The van der Waals surface area contributed by atoms with Gasteiger partial charge in [0, 0.05) is 11.6 Å². The summed E-state index contributed by atoms with van der Waals surface area (Å²) in [5, 5.41) is 6.52. The fourth-order valence-corrected chi connectivity index (χ4v) is 2.62. The number of nitrogens with zero attached hydrogens (tertiary/aromatic N) is 3. The Kier molecular flexibility index (Phi) is 6.09. The highest BCUT2D eigenvalue weighted by Crippen LogP contribution is 2.31. The first-order chi connectivity index (χ1) is 14.3. The Hall–Kier alpha value is -3.76. The Morgan fingerprint density at radius 2 is 1.97 bits per heavy atom. The highest BCUT2D eigenvalue weighted by molar-refractivity contribution is 6.05. The summed E-state index contributed by atoms with van der Waals surface area (Å²) in [5.41, 5.74) is 0.551. The molecule has 0 aliphatic heterocycles. The second-order valence-electron chi connectivity index (χ2n) is 5.82. The number of benzene rings is 2. The first-order valence-electron chi connectivity index (χ1n) is 8.67. The van der Waals surface area contributed by atoms with Gasteiger partial charge < -0.3 is 19.5 Å². The highest BCUT2D eigenvalue weighted by atomic mass is 19.4. The molecule has 30 heavy (non-hydrogen) atoms. The van der Waals surface area contributed by atoms with Crippen LogP contribution in [0.5, 0.6) is 17.2 Å². The fraction of sp³-hybridized carbons (Fsp3) is 0.211. The standard InChI is InChI=1S/C19H17F3N4O4/c1-3-29-16-7-4-12(8-17(16)28-2)18(27)25-14-9-13(30-19(20,21)22)5-6-15(14)26-11-23-10-24-26/h4-11H,3H2,1-2H3,(H,25,27). The average Bonchev–Trinajstić information content (AvgIpc) is 3.22. The quantitative estimate of drug-likeness (QED) is 0.623. The molecule has 1 aromatic heterocycles. The zero-order valence-corrected chi connectivity index (χ0v) is 15.9. The largest absolute Gasteiger partial charge is 0.573 e. The lowest BCUT2D eigenvalue weighted by Gasteiger charge is -2.15. The van der Waals surface area contributed by atoms with E-state index in [1.54, 1.807) is 6.07 Å². The Balaban J connectivity index is 1.93. The topological polar surface area (TPSA) is 87.5 Å². The summed E-state index contributed by atoms with van der Waals surface area (Å²) in [6.45, 7) is 2.22. The molecule has 0 saturated carbocycles. The maximum Gasteiger partial charge on any atom is 0.573 e. The van der Waals surface area contributed by atoms with Crippen molar-refractivity contribution in [3.63, 3.8) is 0 Å². The van der Waals surface area contributed by atoms with Crippen molar-refractivity contribution in [2.24, 2.45) is 0 Å². The van der Waals surface area contributed by atoms with E-state index in [-0.39, 0.29) is 11.3 Å².